The molecule has 0 aliphatic heterocycles. The Bertz CT molecular complexity index is 988. The van der Waals surface area contributed by atoms with Gasteiger partial charge in [-0.05, 0) is 37.1 Å². The molecule has 3 nitrogen and oxygen atoms in total. The molecular formula is C17H15F3N2OS2. The minimum Gasteiger partial charge on any atom is -0.290 e. The summed E-state index contributed by atoms with van der Waals surface area (Å²) >= 11 is 2.81. The average molecular weight is 384 g/mol. The van der Waals surface area contributed by atoms with Crippen molar-refractivity contribution >= 4 is 33.3 Å². The molecule has 1 aromatic carbocycles. The van der Waals surface area contributed by atoms with Crippen molar-refractivity contribution in [3.8, 4) is 0 Å². The predicted octanol–water partition coefficient (Wildman–Crippen LogP) is 4.92. The second kappa shape index (κ2) is 6.49. The van der Waals surface area contributed by atoms with Gasteiger partial charge in [-0.2, -0.15) is 13.2 Å². The topological polar surface area (TPSA) is 34.9 Å². The SMILES string of the molecule is Cc1sc2nc(SCc3ccc(C(F)(F)F)cc3)n(C)c(=O)c2c1C. The Balaban J connectivity index is 1.86. The van der Waals surface area contributed by atoms with E-state index in [1.165, 1.54) is 39.8 Å². The molecule has 25 heavy (non-hydrogen) atoms. The van der Waals surface area contributed by atoms with Gasteiger partial charge in [0.05, 0.1) is 10.9 Å². The van der Waals surface area contributed by atoms with Gasteiger partial charge < -0.3 is 0 Å². The number of aromatic nitrogens is 2. The van der Waals surface area contributed by atoms with Gasteiger partial charge in [0.2, 0.25) is 0 Å². The summed E-state index contributed by atoms with van der Waals surface area (Å²) in [5.74, 6) is 0.438. The molecule has 2 heterocycles. The molecule has 8 heteroatoms. The number of aryl methyl sites for hydroxylation is 2. The van der Waals surface area contributed by atoms with Crippen molar-refractivity contribution in [2.24, 2.45) is 7.05 Å². The lowest BCUT2D eigenvalue weighted by Crippen LogP contribution is -2.19. The summed E-state index contributed by atoms with van der Waals surface area (Å²) in [5.41, 5.74) is 0.928. The highest BCUT2D eigenvalue weighted by molar-refractivity contribution is 7.98. The van der Waals surface area contributed by atoms with E-state index in [9.17, 15) is 18.0 Å². The highest BCUT2D eigenvalue weighted by Gasteiger charge is 2.29. The molecule has 2 aromatic heterocycles. The summed E-state index contributed by atoms with van der Waals surface area (Å²) in [6.45, 7) is 3.86. The second-order valence-corrected chi connectivity index (χ2v) is 7.85. The lowest BCUT2D eigenvalue weighted by Gasteiger charge is -2.09. The van der Waals surface area contributed by atoms with Crippen molar-refractivity contribution in [3.63, 3.8) is 0 Å². The van der Waals surface area contributed by atoms with Crippen LogP contribution in [0.1, 0.15) is 21.6 Å². The Labute approximate surface area is 150 Å². The number of thioether (sulfide) groups is 1. The van der Waals surface area contributed by atoms with Crippen molar-refractivity contribution < 1.29 is 13.2 Å². The number of rotatable bonds is 3. The van der Waals surface area contributed by atoms with Gasteiger partial charge in [-0.3, -0.25) is 9.36 Å². The molecule has 0 saturated carbocycles. The number of benzene rings is 1. The largest absolute Gasteiger partial charge is 0.416 e. The predicted molar refractivity (Wildman–Crippen MR) is 95.3 cm³/mol. The van der Waals surface area contributed by atoms with E-state index < -0.39 is 11.7 Å². The Morgan fingerprint density at radius 1 is 1.20 bits per heavy atom. The fourth-order valence-electron chi connectivity index (χ4n) is 2.42. The Morgan fingerprint density at radius 2 is 1.84 bits per heavy atom. The summed E-state index contributed by atoms with van der Waals surface area (Å²) in [7, 11) is 1.66. The van der Waals surface area contributed by atoms with Gasteiger partial charge in [0, 0.05) is 17.7 Å². The highest BCUT2D eigenvalue weighted by atomic mass is 32.2. The first kappa shape index (κ1) is 18.0. The van der Waals surface area contributed by atoms with Crippen LogP contribution in [0.2, 0.25) is 0 Å². The van der Waals surface area contributed by atoms with E-state index >= 15 is 0 Å². The van der Waals surface area contributed by atoms with Crippen molar-refractivity contribution in [1.29, 1.82) is 0 Å². The van der Waals surface area contributed by atoms with E-state index in [0.717, 1.165) is 28.1 Å². The molecule has 0 radical (unpaired) electrons. The van der Waals surface area contributed by atoms with Gasteiger partial charge in [0.1, 0.15) is 4.83 Å². The Kier molecular flexibility index (Phi) is 4.68. The molecule has 3 rings (SSSR count). The first-order valence-electron chi connectivity index (χ1n) is 7.44. The number of hydrogen-bond donors (Lipinski definition) is 0. The van der Waals surface area contributed by atoms with Crippen LogP contribution >= 0.6 is 23.1 Å². The maximum atomic E-state index is 12.6. The van der Waals surface area contributed by atoms with Crippen molar-refractivity contribution in [3.05, 3.63) is 56.2 Å². The molecule has 0 aliphatic carbocycles. The lowest BCUT2D eigenvalue weighted by atomic mass is 10.1. The fraction of sp³-hybridized carbons (Fsp3) is 0.294. The second-order valence-electron chi connectivity index (χ2n) is 5.71. The maximum Gasteiger partial charge on any atom is 0.416 e. The first-order valence-corrected chi connectivity index (χ1v) is 9.24. The number of alkyl halides is 3. The van der Waals surface area contributed by atoms with Gasteiger partial charge in [0.25, 0.3) is 5.56 Å². The van der Waals surface area contributed by atoms with E-state index in [1.54, 1.807) is 7.05 Å². The standard InChI is InChI=1S/C17H15F3N2OS2/c1-9-10(2)25-14-13(9)15(23)22(3)16(21-14)24-8-11-4-6-12(7-5-11)17(18,19)20/h4-7H,8H2,1-3H3. The number of halogens is 3. The van der Waals surface area contributed by atoms with Crippen LogP contribution in [0, 0.1) is 13.8 Å². The molecule has 0 fully saturated rings. The fourth-order valence-corrected chi connectivity index (χ4v) is 4.42. The maximum absolute atomic E-state index is 12.6. The van der Waals surface area contributed by atoms with Gasteiger partial charge in [-0.1, -0.05) is 23.9 Å². The minimum absolute atomic E-state index is 0.0956. The Hall–Kier alpha value is -1.80. The molecule has 0 N–H and O–H groups in total. The van der Waals surface area contributed by atoms with Crippen LogP contribution in [0.4, 0.5) is 13.2 Å². The molecule has 0 saturated heterocycles. The van der Waals surface area contributed by atoms with Crippen molar-refractivity contribution in [2.45, 2.75) is 30.9 Å². The van der Waals surface area contributed by atoms with Gasteiger partial charge in [-0.15, -0.1) is 11.3 Å². The highest BCUT2D eigenvalue weighted by Crippen LogP contribution is 2.31. The summed E-state index contributed by atoms with van der Waals surface area (Å²) in [6.07, 6.45) is -4.34. The third-order valence-electron chi connectivity index (χ3n) is 4.02. The van der Waals surface area contributed by atoms with Crippen molar-refractivity contribution in [1.82, 2.24) is 9.55 Å². The molecule has 0 bridgehead atoms. The summed E-state index contributed by atoms with van der Waals surface area (Å²) < 4.78 is 39.3. The van der Waals surface area contributed by atoms with Crippen LogP contribution < -0.4 is 5.56 Å². The van der Waals surface area contributed by atoms with E-state index in [0.29, 0.717) is 21.1 Å². The van der Waals surface area contributed by atoms with E-state index in [-0.39, 0.29) is 5.56 Å². The summed E-state index contributed by atoms with van der Waals surface area (Å²) in [4.78, 5) is 18.9. The molecule has 3 aromatic rings. The van der Waals surface area contributed by atoms with Crippen LogP contribution in [-0.4, -0.2) is 9.55 Å². The number of hydrogen-bond acceptors (Lipinski definition) is 4. The van der Waals surface area contributed by atoms with Gasteiger partial charge >= 0.3 is 6.18 Å². The van der Waals surface area contributed by atoms with Crippen molar-refractivity contribution in [2.75, 3.05) is 0 Å². The molecule has 132 valence electrons. The zero-order valence-corrected chi connectivity index (χ0v) is 15.4. The van der Waals surface area contributed by atoms with Crippen LogP contribution in [0.25, 0.3) is 10.2 Å². The Morgan fingerprint density at radius 3 is 2.44 bits per heavy atom. The third-order valence-corrected chi connectivity index (χ3v) is 6.22. The quantitative estimate of drug-likeness (QED) is 0.475. The van der Waals surface area contributed by atoms with Crippen LogP contribution in [0.5, 0.6) is 0 Å². The van der Waals surface area contributed by atoms with Crippen LogP contribution in [0.15, 0.2) is 34.2 Å². The van der Waals surface area contributed by atoms with Gasteiger partial charge in [-0.25, -0.2) is 4.98 Å². The van der Waals surface area contributed by atoms with Crippen LogP contribution in [0.3, 0.4) is 0 Å². The molecular weight excluding hydrogens is 369 g/mol. The average Bonchev–Trinajstić information content (AvgIpc) is 2.83. The first-order chi connectivity index (χ1) is 11.7. The molecule has 0 aliphatic rings. The smallest absolute Gasteiger partial charge is 0.290 e. The monoisotopic (exact) mass is 384 g/mol. The van der Waals surface area contributed by atoms with E-state index in [4.69, 9.17) is 0 Å². The number of fused-ring (bicyclic) bond motifs is 1. The van der Waals surface area contributed by atoms with Crippen LogP contribution in [-0.2, 0) is 19.0 Å². The zero-order chi connectivity index (χ0) is 18.4. The van der Waals surface area contributed by atoms with E-state index in [2.05, 4.69) is 4.98 Å². The summed E-state index contributed by atoms with van der Waals surface area (Å²) in [5, 5.41) is 1.20. The number of nitrogens with zero attached hydrogens (tertiary/aromatic N) is 2. The zero-order valence-electron chi connectivity index (χ0n) is 13.8. The lowest BCUT2D eigenvalue weighted by molar-refractivity contribution is -0.137. The third kappa shape index (κ3) is 3.46. The normalized spacial score (nSPS) is 12.1. The minimum atomic E-state index is -4.34. The molecule has 0 spiro atoms. The molecule has 0 amide bonds. The summed E-state index contributed by atoms with van der Waals surface area (Å²) in [6, 6.07) is 5.03. The molecule has 0 unspecified atom stereocenters. The molecule has 0 atom stereocenters. The van der Waals surface area contributed by atoms with Gasteiger partial charge in [0.15, 0.2) is 5.16 Å². The number of thiophene rings is 1. The van der Waals surface area contributed by atoms with E-state index in [1.807, 2.05) is 13.8 Å².